The van der Waals surface area contributed by atoms with Crippen LogP contribution in [0.4, 0.5) is 0 Å². The molecule has 0 saturated heterocycles. The van der Waals surface area contributed by atoms with Crippen LogP contribution in [0.25, 0.3) is 0 Å². The van der Waals surface area contributed by atoms with Gasteiger partial charge in [0.05, 0.1) is 90.3 Å². The van der Waals surface area contributed by atoms with Crippen molar-refractivity contribution in [2.45, 2.75) is 343 Å². The smallest absolute Gasteiger partial charge is 0.549 e. The summed E-state index contributed by atoms with van der Waals surface area (Å²) in [4.78, 5) is 97.1. The van der Waals surface area contributed by atoms with Gasteiger partial charge in [-0.25, -0.2) is 0 Å². The van der Waals surface area contributed by atoms with E-state index in [0.717, 1.165) is 0 Å². The Morgan fingerprint density at radius 3 is 0.365 bits per heavy atom. The molecular weight excluding hydrogens is 1140 g/mol. The van der Waals surface area contributed by atoms with Gasteiger partial charge in [-0.2, -0.15) is 0 Å². The van der Waals surface area contributed by atoms with Crippen LogP contribution in [0.1, 0.15) is 273 Å². The summed E-state index contributed by atoms with van der Waals surface area (Å²) in [5, 5.41) is 46.1. The standard InChI is InChI=1S/4C16H30O5.Ti/c4*1-9-16(10-2,13(18)19)11(17)12(20-14(3,4)5)21-15(6,7)8;/h4*12H,9-10H2,1-8H3,(H,18,19);/q;;;;+4/p-4. The zero-order valence-corrected chi connectivity index (χ0v) is 60.2. The Balaban J connectivity index is -0.000000333. The minimum atomic E-state index is -1.58. The fraction of sp³-hybridized carbons (Fsp3) is 0.875. The zero-order chi connectivity index (χ0) is 68.2. The summed E-state index contributed by atoms with van der Waals surface area (Å²) in [5.41, 5.74) is -11.4. The summed E-state index contributed by atoms with van der Waals surface area (Å²) < 4.78 is 45.4. The molecule has 0 radical (unpaired) electrons. The van der Waals surface area contributed by atoms with E-state index in [9.17, 15) is 58.8 Å². The second-order valence-corrected chi connectivity index (χ2v) is 28.9. The van der Waals surface area contributed by atoms with Gasteiger partial charge in [0.1, 0.15) is 0 Å². The van der Waals surface area contributed by atoms with Gasteiger partial charge < -0.3 is 77.5 Å². The van der Waals surface area contributed by atoms with Gasteiger partial charge in [-0.15, -0.1) is 0 Å². The van der Waals surface area contributed by atoms with Crippen LogP contribution in [-0.2, 0) is 98.0 Å². The van der Waals surface area contributed by atoms with Crippen LogP contribution >= 0.6 is 0 Å². The summed E-state index contributed by atoms with van der Waals surface area (Å²) in [6.45, 7) is 56.2. The molecule has 0 spiro atoms. The number of carbonyl (C=O) groups is 8. The van der Waals surface area contributed by atoms with Gasteiger partial charge in [0, 0.05) is 0 Å². The number of hydrogen-bond donors (Lipinski definition) is 0. The molecule has 0 bridgehead atoms. The van der Waals surface area contributed by atoms with E-state index in [1.54, 1.807) is 222 Å². The van der Waals surface area contributed by atoms with Gasteiger partial charge >= 0.3 is 21.7 Å². The largest absolute Gasteiger partial charge is 4.00 e. The van der Waals surface area contributed by atoms with Gasteiger partial charge in [-0.1, -0.05) is 55.4 Å². The molecule has 0 N–H and O–H groups in total. The van der Waals surface area contributed by atoms with Crippen molar-refractivity contribution >= 4 is 47.0 Å². The third kappa shape index (κ3) is 32.3. The zero-order valence-electron chi connectivity index (χ0n) is 58.6. The number of Topliss-reactive ketones (excluding diaryl/α,β-unsaturated/α-hetero) is 4. The van der Waals surface area contributed by atoms with E-state index in [-0.39, 0.29) is 73.1 Å². The number of ketones is 4. The predicted octanol–water partition coefficient (Wildman–Crippen LogP) is 8.27. The molecule has 0 aromatic carbocycles. The summed E-state index contributed by atoms with van der Waals surface area (Å²) >= 11 is 0. The van der Waals surface area contributed by atoms with Gasteiger partial charge in [-0.05, 0) is 218 Å². The van der Waals surface area contributed by atoms with Crippen molar-refractivity contribution in [1.29, 1.82) is 0 Å². The molecule has 0 rings (SSSR count). The van der Waals surface area contributed by atoms with Crippen LogP contribution < -0.4 is 20.4 Å². The Morgan fingerprint density at radius 1 is 0.235 bits per heavy atom. The SMILES string of the molecule is CCC(CC)(C(=O)[O-])C(=O)C(OC(C)(C)C)OC(C)(C)C.CCC(CC)(C(=O)[O-])C(=O)C(OC(C)(C)C)OC(C)(C)C.CCC(CC)(C(=O)[O-])C(=O)C(OC(C)(C)C)OC(C)(C)C.CCC(CC)(C(=O)[O-])C(=O)C(OC(C)(C)C)OC(C)(C)C.[Ti+4]. The molecule has 0 fully saturated rings. The van der Waals surface area contributed by atoms with E-state index in [2.05, 4.69) is 0 Å². The van der Waals surface area contributed by atoms with E-state index in [4.69, 9.17) is 37.9 Å². The van der Waals surface area contributed by atoms with Gasteiger partial charge in [0.25, 0.3) is 0 Å². The molecule has 0 amide bonds. The molecule has 20 nitrogen and oxygen atoms in total. The first kappa shape index (κ1) is 90.7. The number of carboxylic acids is 4. The molecule has 0 aromatic heterocycles. The topological polar surface area (TPSA) is 303 Å². The molecule has 0 saturated carbocycles. The van der Waals surface area contributed by atoms with Crippen molar-refractivity contribution in [2.75, 3.05) is 0 Å². The third-order valence-corrected chi connectivity index (χ3v) is 12.8. The second kappa shape index (κ2) is 35.4. The average Bonchev–Trinajstić information content (AvgIpc) is 3.27. The van der Waals surface area contributed by atoms with E-state index < -0.39 is 139 Å². The van der Waals surface area contributed by atoms with Gasteiger partial charge in [-0.3, -0.25) is 19.2 Å². The minimum Gasteiger partial charge on any atom is -0.549 e. The predicted molar refractivity (Wildman–Crippen MR) is 314 cm³/mol. The maximum absolute atomic E-state index is 12.8. The Kier molecular flexibility index (Phi) is 37.7. The molecule has 0 aliphatic carbocycles. The van der Waals surface area contributed by atoms with Crippen LogP contribution in [0.15, 0.2) is 0 Å². The molecule has 85 heavy (non-hydrogen) atoms. The monoisotopic (exact) mass is 1250 g/mol. The number of rotatable bonds is 28. The number of carboxylic acid groups (broad SMARTS) is 4. The number of aliphatic carboxylic acids is 4. The molecule has 0 heterocycles. The van der Waals surface area contributed by atoms with E-state index in [1.165, 1.54) is 0 Å². The van der Waals surface area contributed by atoms with Crippen LogP contribution in [0.2, 0.25) is 0 Å². The third-order valence-electron chi connectivity index (χ3n) is 12.8. The quantitative estimate of drug-likeness (QED) is 0.0404. The molecule has 0 atom stereocenters. The Labute approximate surface area is 527 Å². The summed E-state index contributed by atoms with van der Waals surface area (Å²) in [7, 11) is 0. The molecular formula is C64H116O20Ti. The van der Waals surface area contributed by atoms with E-state index in [1.807, 2.05) is 0 Å². The van der Waals surface area contributed by atoms with E-state index >= 15 is 0 Å². The van der Waals surface area contributed by atoms with Crippen molar-refractivity contribution in [3.63, 3.8) is 0 Å². The second-order valence-electron chi connectivity index (χ2n) is 28.9. The Bertz CT molecular complexity index is 1720. The number of carbonyl (C=O) groups excluding carboxylic acids is 8. The Morgan fingerprint density at radius 2 is 0.318 bits per heavy atom. The molecule has 0 aromatic rings. The molecule has 0 unspecified atom stereocenters. The fourth-order valence-corrected chi connectivity index (χ4v) is 7.95. The normalized spacial score (nSPS) is 13.4. The van der Waals surface area contributed by atoms with Crippen molar-refractivity contribution < 1.29 is 118 Å². The number of hydrogen-bond acceptors (Lipinski definition) is 20. The van der Waals surface area contributed by atoms with Crippen molar-refractivity contribution in [1.82, 2.24) is 0 Å². The minimum absolute atomic E-state index is 0. The molecule has 496 valence electrons. The van der Waals surface area contributed by atoms with E-state index in [0.29, 0.717) is 0 Å². The van der Waals surface area contributed by atoms with Crippen LogP contribution in [0, 0.1) is 21.7 Å². The summed E-state index contributed by atoms with van der Waals surface area (Å²) in [5.74, 6) is -7.85. The average molecular weight is 1250 g/mol. The molecule has 0 aliphatic rings. The fourth-order valence-electron chi connectivity index (χ4n) is 7.95. The van der Waals surface area contributed by atoms with Gasteiger partial charge in [0.2, 0.25) is 25.2 Å². The van der Waals surface area contributed by atoms with Crippen LogP contribution in [0.5, 0.6) is 0 Å². The maximum atomic E-state index is 12.8. The maximum Gasteiger partial charge on any atom is 4.00 e. The first-order valence-electron chi connectivity index (χ1n) is 29.6. The van der Waals surface area contributed by atoms with Crippen LogP contribution in [-0.4, -0.2) is 117 Å². The number of ether oxygens (including phenoxy) is 8. The molecule has 21 heteroatoms. The Hall–Kier alpha value is -3.05. The summed E-state index contributed by atoms with van der Waals surface area (Å²) in [6, 6.07) is 0. The van der Waals surface area contributed by atoms with Crippen molar-refractivity contribution in [3.8, 4) is 0 Å². The van der Waals surface area contributed by atoms with Crippen LogP contribution in [0.3, 0.4) is 0 Å². The first-order chi connectivity index (χ1) is 37.2. The van der Waals surface area contributed by atoms with Crippen molar-refractivity contribution in [2.24, 2.45) is 21.7 Å². The molecule has 0 aliphatic heterocycles. The van der Waals surface area contributed by atoms with Crippen molar-refractivity contribution in [3.05, 3.63) is 0 Å². The van der Waals surface area contributed by atoms with Gasteiger partial charge in [0.15, 0.2) is 23.1 Å². The first-order valence-corrected chi connectivity index (χ1v) is 29.6. The summed E-state index contributed by atoms with van der Waals surface area (Å²) in [6.07, 6.45) is -3.81.